The molecule has 0 bridgehead atoms. The summed E-state index contributed by atoms with van der Waals surface area (Å²) < 4.78 is 18.3. The number of ether oxygens (including phenoxy) is 1. The van der Waals surface area contributed by atoms with Crippen LogP contribution in [0.25, 0.3) is 0 Å². The van der Waals surface area contributed by atoms with E-state index in [-0.39, 0.29) is 18.2 Å². The van der Waals surface area contributed by atoms with Gasteiger partial charge in [-0.25, -0.2) is 4.39 Å². The molecule has 1 aliphatic rings. The molecule has 1 fully saturated rings. The molecule has 1 heterocycles. The zero-order valence-electron chi connectivity index (χ0n) is 13.2. The zero-order chi connectivity index (χ0) is 17.4. The second kappa shape index (κ2) is 8.85. The molecule has 2 rings (SSSR count). The molecule has 0 unspecified atom stereocenters. The zero-order valence-corrected chi connectivity index (χ0v) is 13.2. The van der Waals surface area contributed by atoms with Crippen LogP contribution in [-0.4, -0.2) is 42.3 Å². The highest BCUT2D eigenvalue weighted by molar-refractivity contribution is 5.87. The molecule has 1 aromatic rings. The summed E-state index contributed by atoms with van der Waals surface area (Å²) in [5.74, 6) is -1.81. The number of nitrogens with zero attached hydrogens (tertiary/aromatic N) is 1. The van der Waals surface area contributed by atoms with Gasteiger partial charge >= 0.3 is 0 Å². The SMILES string of the molecule is O=C(COc1ccccc1F)NNC(=O)CN1CCCCCC1=O. The third-order valence-corrected chi connectivity index (χ3v) is 3.54. The first-order valence-electron chi connectivity index (χ1n) is 7.79. The Kier molecular flexibility index (Phi) is 6.53. The Morgan fingerprint density at radius 2 is 1.88 bits per heavy atom. The van der Waals surface area contributed by atoms with E-state index in [2.05, 4.69) is 10.9 Å². The van der Waals surface area contributed by atoms with Crippen LogP contribution in [0.5, 0.6) is 5.75 Å². The minimum atomic E-state index is -0.631. The summed E-state index contributed by atoms with van der Waals surface area (Å²) in [6.07, 6.45) is 3.10. The largest absolute Gasteiger partial charge is 0.481 e. The Morgan fingerprint density at radius 1 is 1.12 bits per heavy atom. The Balaban J connectivity index is 1.70. The lowest BCUT2D eigenvalue weighted by Crippen LogP contribution is -2.48. The fraction of sp³-hybridized carbons (Fsp3) is 0.438. The number of carbonyl (C=O) groups is 3. The maximum Gasteiger partial charge on any atom is 0.276 e. The van der Waals surface area contributed by atoms with Crippen molar-refractivity contribution in [2.75, 3.05) is 19.7 Å². The summed E-state index contributed by atoms with van der Waals surface area (Å²) in [5.41, 5.74) is 4.38. The lowest BCUT2D eigenvalue weighted by Gasteiger charge is -2.19. The summed E-state index contributed by atoms with van der Waals surface area (Å²) >= 11 is 0. The first-order chi connectivity index (χ1) is 11.6. The first-order valence-corrected chi connectivity index (χ1v) is 7.79. The number of hydrazine groups is 1. The number of carbonyl (C=O) groups excluding carboxylic acids is 3. The van der Waals surface area contributed by atoms with E-state index in [0.717, 1.165) is 19.3 Å². The van der Waals surface area contributed by atoms with E-state index in [9.17, 15) is 18.8 Å². The van der Waals surface area contributed by atoms with Gasteiger partial charge in [0.15, 0.2) is 18.2 Å². The molecule has 0 saturated carbocycles. The van der Waals surface area contributed by atoms with Crippen molar-refractivity contribution in [2.45, 2.75) is 25.7 Å². The summed E-state index contributed by atoms with van der Waals surface area (Å²) in [4.78, 5) is 36.6. The van der Waals surface area contributed by atoms with Gasteiger partial charge in [-0.3, -0.25) is 25.2 Å². The molecule has 1 saturated heterocycles. The Hall–Kier alpha value is -2.64. The Morgan fingerprint density at radius 3 is 2.67 bits per heavy atom. The van der Waals surface area contributed by atoms with E-state index < -0.39 is 24.2 Å². The minimum Gasteiger partial charge on any atom is -0.481 e. The second-order valence-electron chi connectivity index (χ2n) is 5.44. The molecule has 0 aliphatic carbocycles. The van der Waals surface area contributed by atoms with E-state index in [0.29, 0.717) is 13.0 Å². The van der Waals surface area contributed by atoms with E-state index in [1.54, 1.807) is 6.07 Å². The van der Waals surface area contributed by atoms with E-state index in [1.165, 1.54) is 23.1 Å². The predicted molar refractivity (Wildman–Crippen MR) is 83.2 cm³/mol. The van der Waals surface area contributed by atoms with Gasteiger partial charge in [0.1, 0.15) is 6.54 Å². The summed E-state index contributed by atoms with van der Waals surface area (Å²) in [6, 6.07) is 5.70. The van der Waals surface area contributed by atoms with Crippen LogP contribution in [0.4, 0.5) is 4.39 Å². The molecule has 130 valence electrons. The van der Waals surface area contributed by atoms with Crippen LogP contribution in [0.15, 0.2) is 24.3 Å². The number of halogens is 1. The monoisotopic (exact) mass is 337 g/mol. The van der Waals surface area contributed by atoms with E-state index in [4.69, 9.17) is 4.74 Å². The summed E-state index contributed by atoms with van der Waals surface area (Å²) in [5, 5.41) is 0. The van der Waals surface area contributed by atoms with Gasteiger partial charge in [-0.1, -0.05) is 18.6 Å². The van der Waals surface area contributed by atoms with Crippen molar-refractivity contribution in [1.29, 1.82) is 0 Å². The lowest BCUT2D eigenvalue weighted by atomic mass is 10.2. The third kappa shape index (κ3) is 5.53. The van der Waals surface area contributed by atoms with Gasteiger partial charge in [-0.15, -0.1) is 0 Å². The van der Waals surface area contributed by atoms with Crippen molar-refractivity contribution in [2.24, 2.45) is 0 Å². The molecular formula is C16H20FN3O4. The highest BCUT2D eigenvalue weighted by Gasteiger charge is 2.19. The average Bonchev–Trinajstić information content (AvgIpc) is 2.77. The number of likely N-dealkylation sites (tertiary alicyclic amines) is 1. The van der Waals surface area contributed by atoms with E-state index in [1.807, 2.05) is 0 Å². The van der Waals surface area contributed by atoms with Crippen LogP contribution in [0, 0.1) is 5.82 Å². The van der Waals surface area contributed by atoms with Crippen molar-refractivity contribution in [3.05, 3.63) is 30.1 Å². The highest BCUT2D eigenvalue weighted by Crippen LogP contribution is 2.14. The fourth-order valence-electron chi connectivity index (χ4n) is 2.30. The number of hydrogen-bond donors (Lipinski definition) is 2. The van der Waals surface area contributed by atoms with Crippen LogP contribution in [-0.2, 0) is 14.4 Å². The Labute approximate surface area is 139 Å². The van der Waals surface area contributed by atoms with Gasteiger partial charge in [0.2, 0.25) is 5.91 Å². The molecule has 1 aromatic carbocycles. The van der Waals surface area contributed by atoms with Crippen LogP contribution >= 0.6 is 0 Å². The molecule has 2 N–H and O–H groups in total. The second-order valence-corrected chi connectivity index (χ2v) is 5.44. The quantitative estimate of drug-likeness (QED) is 0.777. The van der Waals surface area contributed by atoms with Gasteiger partial charge in [-0.05, 0) is 25.0 Å². The first kappa shape index (κ1) is 17.7. The van der Waals surface area contributed by atoms with Crippen molar-refractivity contribution in [1.82, 2.24) is 15.8 Å². The molecule has 8 heteroatoms. The topological polar surface area (TPSA) is 87.7 Å². The Bertz CT molecular complexity index is 609. The summed E-state index contributed by atoms with van der Waals surface area (Å²) in [7, 11) is 0. The number of para-hydroxylation sites is 1. The van der Waals surface area contributed by atoms with Crippen LogP contribution in [0.2, 0.25) is 0 Å². The van der Waals surface area contributed by atoms with Gasteiger partial charge in [0.25, 0.3) is 11.8 Å². The van der Waals surface area contributed by atoms with Gasteiger partial charge < -0.3 is 9.64 Å². The smallest absolute Gasteiger partial charge is 0.276 e. The number of amides is 3. The van der Waals surface area contributed by atoms with Crippen molar-refractivity contribution in [3.63, 3.8) is 0 Å². The van der Waals surface area contributed by atoms with Crippen LogP contribution in [0.1, 0.15) is 25.7 Å². The molecule has 3 amide bonds. The molecular weight excluding hydrogens is 317 g/mol. The van der Waals surface area contributed by atoms with Crippen LogP contribution in [0.3, 0.4) is 0 Å². The van der Waals surface area contributed by atoms with Gasteiger partial charge in [-0.2, -0.15) is 0 Å². The van der Waals surface area contributed by atoms with Crippen LogP contribution < -0.4 is 15.6 Å². The number of hydrogen-bond acceptors (Lipinski definition) is 4. The predicted octanol–water partition coefficient (Wildman–Crippen LogP) is 0.754. The molecule has 0 radical (unpaired) electrons. The standard InChI is InChI=1S/C16H20FN3O4/c17-12-6-3-4-7-13(12)24-11-15(22)19-18-14(21)10-20-9-5-1-2-8-16(20)23/h3-4,6-7H,1-2,5,8-11H2,(H,18,21)(H,19,22). The van der Waals surface area contributed by atoms with Gasteiger partial charge in [0.05, 0.1) is 0 Å². The summed E-state index contributed by atoms with van der Waals surface area (Å²) in [6.45, 7) is -0.00621. The average molecular weight is 337 g/mol. The lowest BCUT2D eigenvalue weighted by molar-refractivity contribution is -0.136. The van der Waals surface area contributed by atoms with Crippen molar-refractivity contribution >= 4 is 17.7 Å². The molecule has 0 spiro atoms. The minimum absolute atomic E-state index is 0.0471. The van der Waals surface area contributed by atoms with Crippen molar-refractivity contribution < 1.29 is 23.5 Å². The molecule has 7 nitrogen and oxygen atoms in total. The number of rotatable bonds is 5. The van der Waals surface area contributed by atoms with E-state index >= 15 is 0 Å². The molecule has 0 atom stereocenters. The maximum atomic E-state index is 13.3. The maximum absolute atomic E-state index is 13.3. The fourth-order valence-corrected chi connectivity index (χ4v) is 2.30. The van der Waals surface area contributed by atoms with Crippen molar-refractivity contribution in [3.8, 4) is 5.75 Å². The molecule has 24 heavy (non-hydrogen) atoms. The highest BCUT2D eigenvalue weighted by atomic mass is 19.1. The normalized spacial score (nSPS) is 14.7. The molecule has 1 aliphatic heterocycles. The number of benzene rings is 1. The molecule has 0 aromatic heterocycles. The number of nitrogens with one attached hydrogen (secondary N) is 2. The third-order valence-electron chi connectivity index (χ3n) is 3.54. The van der Waals surface area contributed by atoms with Gasteiger partial charge in [0, 0.05) is 13.0 Å².